The van der Waals surface area contributed by atoms with Crippen molar-refractivity contribution >= 4 is 17.8 Å². The van der Waals surface area contributed by atoms with Crippen LogP contribution in [-0.2, 0) is 14.4 Å². The number of hydrogen-bond donors (Lipinski definition) is 1. The molecule has 1 saturated carbocycles. The summed E-state index contributed by atoms with van der Waals surface area (Å²) in [7, 11) is 0. The summed E-state index contributed by atoms with van der Waals surface area (Å²) in [4.78, 5) is 39.2. The lowest BCUT2D eigenvalue weighted by molar-refractivity contribution is -0.149. The molecule has 116 valence electrons. The van der Waals surface area contributed by atoms with Gasteiger partial charge in [-0.15, -0.1) is 0 Å². The van der Waals surface area contributed by atoms with E-state index in [1.807, 2.05) is 4.90 Å². The first kappa shape index (κ1) is 14.4. The van der Waals surface area contributed by atoms with Gasteiger partial charge in [-0.05, 0) is 25.7 Å². The molecular formula is C15H22N2O4. The molecule has 3 rings (SSSR count). The quantitative estimate of drug-likeness (QED) is 0.837. The zero-order chi connectivity index (χ0) is 15.0. The van der Waals surface area contributed by atoms with Gasteiger partial charge in [-0.2, -0.15) is 0 Å². The monoisotopic (exact) mass is 294 g/mol. The van der Waals surface area contributed by atoms with E-state index in [1.165, 1.54) is 4.90 Å². The van der Waals surface area contributed by atoms with Crippen LogP contribution in [0.3, 0.4) is 0 Å². The third kappa shape index (κ3) is 2.63. The number of carboxylic acids is 1. The maximum atomic E-state index is 12.6. The van der Waals surface area contributed by atoms with Crippen LogP contribution in [-0.4, -0.2) is 57.9 Å². The number of carboxylic acid groups (broad SMARTS) is 1. The number of rotatable bonds is 3. The van der Waals surface area contributed by atoms with Crippen molar-refractivity contribution in [1.82, 2.24) is 9.80 Å². The van der Waals surface area contributed by atoms with Gasteiger partial charge in [0.2, 0.25) is 11.8 Å². The number of likely N-dealkylation sites (tertiary alicyclic amines) is 2. The van der Waals surface area contributed by atoms with E-state index in [4.69, 9.17) is 0 Å². The predicted octanol–water partition coefficient (Wildman–Crippen LogP) is 0.853. The summed E-state index contributed by atoms with van der Waals surface area (Å²) in [5.74, 6) is -1.36. The van der Waals surface area contributed by atoms with Crippen molar-refractivity contribution in [2.24, 2.45) is 5.92 Å². The zero-order valence-corrected chi connectivity index (χ0v) is 12.2. The van der Waals surface area contributed by atoms with Crippen LogP contribution >= 0.6 is 0 Å². The first-order chi connectivity index (χ1) is 10.1. The van der Waals surface area contributed by atoms with E-state index in [-0.39, 0.29) is 24.2 Å². The summed E-state index contributed by atoms with van der Waals surface area (Å²) in [6.07, 6.45) is 5.88. The summed E-state index contributed by atoms with van der Waals surface area (Å²) in [5, 5.41) is 9.18. The minimum atomic E-state index is -0.933. The fourth-order valence-electron chi connectivity index (χ4n) is 3.99. The Balaban J connectivity index is 1.66. The van der Waals surface area contributed by atoms with Crippen molar-refractivity contribution in [2.75, 3.05) is 13.1 Å². The van der Waals surface area contributed by atoms with Gasteiger partial charge in [0.1, 0.15) is 6.04 Å². The van der Waals surface area contributed by atoms with Gasteiger partial charge in [0.25, 0.3) is 0 Å². The third-order valence-corrected chi connectivity index (χ3v) is 5.09. The molecule has 2 saturated heterocycles. The molecule has 2 heterocycles. The molecule has 3 aliphatic rings. The number of carbonyl (C=O) groups is 3. The molecule has 2 atom stereocenters. The Labute approximate surface area is 124 Å². The number of carbonyl (C=O) groups excluding carboxylic acids is 2. The smallest absolute Gasteiger partial charge is 0.326 e. The van der Waals surface area contributed by atoms with Gasteiger partial charge in [-0.1, -0.05) is 12.8 Å². The van der Waals surface area contributed by atoms with Gasteiger partial charge < -0.3 is 14.9 Å². The summed E-state index contributed by atoms with van der Waals surface area (Å²) in [6, 6.07) is -0.405. The number of hydrogen-bond acceptors (Lipinski definition) is 3. The van der Waals surface area contributed by atoms with Crippen molar-refractivity contribution in [3.05, 3.63) is 0 Å². The molecule has 1 unspecified atom stereocenters. The highest BCUT2D eigenvalue weighted by Crippen LogP contribution is 2.31. The van der Waals surface area contributed by atoms with Crippen LogP contribution in [0, 0.1) is 5.92 Å². The van der Waals surface area contributed by atoms with Crippen LogP contribution in [0.4, 0.5) is 0 Å². The molecule has 0 aromatic carbocycles. The zero-order valence-electron chi connectivity index (χ0n) is 12.2. The van der Waals surface area contributed by atoms with E-state index < -0.39 is 12.0 Å². The van der Waals surface area contributed by atoms with Crippen LogP contribution in [0.5, 0.6) is 0 Å². The van der Waals surface area contributed by atoms with E-state index >= 15 is 0 Å². The first-order valence-electron chi connectivity index (χ1n) is 7.90. The standard InChI is InChI=1S/C15H22N2O4/c18-13-8-10(9-17(13)11-4-1-2-5-11)14(19)16-7-3-6-12(16)15(20)21/h10-12H,1-9H2,(H,20,21)/t10?,12-/m1/s1. The Kier molecular flexibility index (Phi) is 3.87. The van der Waals surface area contributed by atoms with Crippen molar-refractivity contribution in [1.29, 1.82) is 0 Å². The van der Waals surface area contributed by atoms with Crippen LogP contribution in [0.1, 0.15) is 44.9 Å². The lowest BCUT2D eigenvalue weighted by atomic mass is 10.1. The highest BCUT2D eigenvalue weighted by Gasteiger charge is 2.43. The highest BCUT2D eigenvalue weighted by molar-refractivity contribution is 5.91. The molecule has 2 amide bonds. The summed E-state index contributed by atoms with van der Waals surface area (Å²) >= 11 is 0. The maximum absolute atomic E-state index is 12.6. The summed E-state index contributed by atoms with van der Waals surface area (Å²) in [6.45, 7) is 0.981. The van der Waals surface area contributed by atoms with Crippen molar-refractivity contribution in [3.63, 3.8) is 0 Å². The Morgan fingerprint density at radius 2 is 1.81 bits per heavy atom. The average Bonchev–Trinajstić information content (AvgIpc) is 3.17. The molecule has 21 heavy (non-hydrogen) atoms. The minimum Gasteiger partial charge on any atom is -0.480 e. The SMILES string of the molecule is O=C(O)[C@H]1CCCN1C(=O)C1CC(=O)N(C2CCCC2)C1. The lowest BCUT2D eigenvalue weighted by Crippen LogP contribution is -2.44. The molecule has 6 nitrogen and oxygen atoms in total. The average molecular weight is 294 g/mol. The number of amides is 2. The molecule has 2 aliphatic heterocycles. The number of nitrogens with zero attached hydrogens (tertiary/aromatic N) is 2. The molecule has 0 spiro atoms. The molecule has 3 fully saturated rings. The maximum Gasteiger partial charge on any atom is 0.326 e. The second-order valence-electron chi connectivity index (χ2n) is 6.41. The second-order valence-corrected chi connectivity index (χ2v) is 6.41. The Bertz CT molecular complexity index is 459. The lowest BCUT2D eigenvalue weighted by Gasteiger charge is -2.26. The molecule has 0 bridgehead atoms. The molecule has 1 N–H and O–H groups in total. The van der Waals surface area contributed by atoms with E-state index in [1.54, 1.807) is 0 Å². The van der Waals surface area contributed by atoms with Crippen LogP contribution in [0.15, 0.2) is 0 Å². The predicted molar refractivity (Wildman–Crippen MR) is 74.4 cm³/mol. The van der Waals surface area contributed by atoms with E-state index in [2.05, 4.69) is 0 Å². The summed E-state index contributed by atoms with van der Waals surface area (Å²) < 4.78 is 0. The van der Waals surface area contributed by atoms with Gasteiger partial charge in [-0.25, -0.2) is 4.79 Å². The normalized spacial score (nSPS) is 30.4. The van der Waals surface area contributed by atoms with Gasteiger partial charge in [-0.3, -0.25) is 9.59 Å². The minimum absolute atomic E-state index is 0.0614. The molecule has 0 aromatic heterocycles. The van der Waals surface area contributed by atoms with Gasteiger partial charge in [0, 0.05) is 25.6 Å². The van der Waals surface area contributed by atoms with Crippen molar-refractivity contribution in [3.8, 4) is 0 Å². The topological polar surface area (TPSA) is 77.9 Å². The van der Waals surface area contributed by atoms with Crippen LogP contribution in [0.25, 0.3) is 0 Å². The molecular weight excluding hydrogens is 272 g/mol. The van der Waals surface area contributed by atoms with Gasteiger partial charge in [0.05, 0.1) is 5.92 Å². The number of aliphatic carboxylic acids is 1. The first-order valence-corrected chi connectivity index (χ1v) is 7.90. The highest BCUT2D eigenvalue weighted by atomic mass is 16.4. The van der Waals surface area contributed by atoms with Gasteiger partial charge in [0.15, 0.2) is 0 Å². The van der Waals surface area contributed by atoms with E-state index in [0.717, 1.165) is 32.1 Å². The Hall–Kier alpha value is -1.59. The third-order valence-electron chi connectivity index (χ3n) is 5.09. The fourth-order valence-corrected chi connectivity index (χ4v) is 3.99. The molecule has 0 radical (unpaired) electrons. The van der Waals surface area contributed by atoms with Crippen LogP contribution < -0.4 is 0 Å². The van der Waals surface area contributed by atoms with E-state index in [9.17, 15) is 19.5 Å². The second kappa shape index (κ2) is 5.66. The fraction of sp³-hybridized carbons (Fsp3) is 0.800. The molecule has 6 heteroatoms. The molecule has 1 aliphatic carbocycles. The Morgan fingerprint density at radius 1 is 1.10 bits per heavy atom. The Morgan fingerprint density at radius 3 is 2.48 bits per heavy atom. The van der Waals surface area contributed by atoms with Crippen LogP contribution in [0.2, 0.25) is 0 Å². The van der Waals surface area contributed by atoms with E-state index in [0.29, 0.717) is 25.6 Å². The molecule has 0 aromatic rings. The summed E-state index contributed by atoms with van der Waals surface area (Å²) in [5.41, 5.74) is 0. The van der Waals surface area contributed by atoms with Crippen molar-refractivity contribution < 1.29 is 19.5 Å². The van der Waals surface area contributed by atoms with Crippen molar-refractivity contribution in [2.45, 2.75) is 57.0 Å². The largest absolute Gasteiger partial charge is 0.480 e. The van der Waals surface area contributed by atoms with Gasteiger partial charge >= 0.3 is 5.97 Å².